The Balaban J connectivity index is 0.00000196. The molecule has 0 aliphatic heterocycles. The number of carbonyl (C=O) groups excluding carboxylic acids is 1. The summed E-state index contributed by atoms with van der Waals surface area (Å²) < 4.78 is 0. The highest BCUT2D eigenvalue weighted by Crippen LogP contribution is 2.41. The third kappa shape index (κ3) is 3.89. The van der Waals surface area contributed by atoms with Crippen molar-refractivity contribution in [1.82, 2.24) is 5.32 Å². The number of amides is 1. The fourth-order valence-corrected chi connectivity index (χ4v) is 4.98. The summed E-state index contributed by atoms with van der Waals surface area (Å²) in [4.78, 5) is 12.6. The molecule has 2 unspecified atom stereocenters. The molecule has 2 saturated carbocycles. The van der Waals surface area contributed by atoms with Crippen LogP contribution in [-0.2, 0) is 11.2 Å². The lowest BCUT2D eigenvalue weighted by molar-refractivity contribution is -0.127. The van der Waals surface area contributed by atoms with E-state index < -0.39 is 0 Å². The zero-order valence-corrected chi connectivity index (χ0v) is 16.0. The quantitative estimate of drug-likeness (QED) is 0.849. The number of rotatable bonds is 4. The van der Waals surface area contributed by atoms with Crippen LogP contribution in [0.1, 0.15) is 37.7 Å². The summed E-state index contributed by atoms with van der Waals surface area (Å²) >= 11 is 0. The van der Waals surface area contributed by atoms with Crippen molar-refractivity contribution in [3.8, 4) is 0 Å². The maximum absolute atomic E-state index is 12.6. The molecule has 0 radical (unpaired) electrons. The zero-order chi connectivity index (χ0) is 17.2. The number of hydrogen-bond acceptors (Lipinski definition) is 2. The van der Waals surface area contributed by atoms with Gasteiger partial charge in [-0.3, -0.25) is 4.79 Å². The Hall–Kier alpha value is -1.58. The average Bonchev–Trinajstić information content (AvgIpc) is 2.61. The smallest absolute Gasteiger partial charge is 0.223 e. The Morgan fingerprint density at radius 1 is 1.04 bits per heavy atom. The number of carbonyl (C=O) groups is 1. The molecule has 3 N–H and O–H groups in total. The Labute approximate surface area is 162 Å². The molecule has 4 rings (SSSR count). The van der Waals surface area contributed by atoms with Gasteiger partial charge in [-0.1, -0.05) is 48.9 Å². The minimum absolute atomic E-state index is 0. The van der Waals surface area contributed by atoms with E-state index in [9.17, 15) is 4.79 Å². The fourth-order valence-electron chi connectivity index (χ4n) is 4.98. The van der Waals surface area contributed by atoms with Crippen molar-refractivity contribution in [2.45, 2.75) is 44.6 Å². The first kappa shape index (κ1) is 19.2. The van der Waals surface area contributed by atoms with Crippen molar-refractivity contribution in [2.24, 2.45) is 23.5 Å². The number of halogens is 1. The number of benzene rings is 2. The van der Waals surface area contributed by atoms with Gasteiger partial charge in [0.15, 0.2) is 0 Å². The van der Waals surface area contributed by atoms with Crippen molar-refractivity contribution >= 4 is 29.1 Å². The lowest BCUT2D eigenvalue weighted by atomic mass is 9.65. The minimum Gasteiger partial charge on any atom is -0.356 e. The largest absolute Gasteiger partial charge is 0.356 e. The van der Waals surface area contributed by atoms with E-state index in [4.69, 9.17) is 5.73 Å². The lowest BCUT2D eigenvalue weighted by Gasteiger charge is -2.43. The third-order valence-electron chi connectivity index (χ3n) is 6.36. The zero-order valence-electron chi connectivity index (χ0n) is 15.2. The molecule has 0 aromatic heterocycles. The maximum atomic E-state index is 12.6. The molecule has 2 aliphatic carbocycles. The molecule has 3 nitrogen and oxygen atoms in total. The second-order valence-electron chi connectivity index (χ2n) is 7.88. The summed E-state index contributed by atoms with van der Waals surface area (Å²) in [6, 6.07) is 15.2. The van der Waals surface area contributed by atoms with Gasteiger partial charge in [0.25, 0.3) is 0 Å². The molecule has 2 aliphatic rings. The van der Waals surface area contributed by atoms with Gasteiger partial charge in [-0.2, -0.15) is 0 Å². The van der Waals surface area contributed by atoms with E-state index in [-0.39, 0.29) is 24.2 Å². The van der Waals surface area contributed by atoms with Gasteiger partial charge >= 0.3 is 0 Å². The number of fused-ring (bicyclic) bond motifs is 3. The first-order valence-electron chi connectivity index (χ1n) is 9.72. The molecular weight excluding hydrogens is 344 g/mol. The highest BCUT2D eigenvalue weighted by atomic mass is 35.5. The standard InChI is InChI=1S/C22H28N2O.ClH/c23-21-17-8-4-9-18(21)14-19(13-17)22(25)24-12-11-16-7-3-6-15-5-1-2-10-20(15)16;/h1-3,5-7,10,17-19,21H,4,8-9,11-14,23H2,(H,24,25);1H. The van der Waals surface area contributed by atoms with Crippen molar-refractivity contribution in [1.29, 1.82) is 0 Å². The van der Waals surface area contributed by atoms with Crippen LogP contribution in [0.15, 0.2) is 42.5 Å². The highest BCUT2D eigenvalue weighted by Gasteiger charge is 2.40. The molecule has 2 aromatic rings. The lowest BCUT2D eigenvalue weighted by Crippen LogP contribution is -2.49. The van der Waals surface area contributed by atoms with Gasteiger partial charge in [-0.05, 0) is 60.3 Å². The molecule has 2 fully saturated rings. The second-order valence-corrected chi connectivity index (χ2v) is 7.88. The van der Waals surface area contributed by atoms with E-state index in [1.807, 2.05) is 0 Å². The van der Waals surface area contributed by atoms with E-state index >= 15 is 0 Å². The molecule has 2 bridgehead atoms. The Kier molecular flexibility index (Phi) is 6.20. The van der Waals surface area contributed by atoms with Crippen molar-refractivity contribution < 1.29 is 4.79 Å². The van der Waals surface area contributed by atoms with Crippen LogP contribution >= 0.6 is 12.4 Å². The van der Waals surface area contributed by atoms with Crippen LogP contribution in [-0.4, -0.2) is 18.5 Å². The van der Waals surface area contributed by atoms with E-state index in [1.54, 1.807) is 0 Å². The Morgan fingerprint density at radius 2 is 1.73 bits per heavy atom. The molecule has 1 amide bonds. The van der Waals surface area contributed by atoms with Gasteiger partial charge in [0, 0.05) is 18.5 Å². The Morgan fingerprint density at radius 3 is 2.50 bits per heavy atom. The SMILES string of the molecule is Cl.NC1C2CCCC1CC(C(=O)NCCc1cccc3ccccc13)C2. The monoisotopic (exact) mass is 372 g/mol. The second kappa shape index (κ2) is 8.41. The molecule has 26 heavy (non-hydrogen) atoms. The van der Waals surface area contributed by atoms with Gasteiger partial charge in [-0.15, -0.1) is 12.4 Å². The summed E-state index contributed by atoms with van der Waals surface area (Å²) in [5.41, 5.74) is 7.65. The Bertz CT molecular complexity index is 743. The minimum atomic E-state index is 0. The van der Waals surface area contributed by atoms with Crippen LogP contribution in [0.5, 0.6) is 0 Å². The fraction of sp³-hybridized carbons (Fsp3) is 0.500. The molecule has 0 spiro atoms. The molecule has 2 atom stereocenters. The van der Waals surface area contributed by atoms with Crippen LogP contribution in [0.3, 0.4) is 0 Å². The van der Waals surface area contributed by atoms with Crippen LogP contribution in [0, 0.1) is 17.8 Å². The average molecular weight is 373 g/mol. The first-order valence-corrected chi connectivity index (χ1v) is 9.72. The van der Waals surface area contributed by atoms with E-state index in [1.165, 1.54) is 35.6 Å². The third-order valence-corrected chi connectivity index (χ3v) is 6.36. The summed E-state index contributed by atoms with van der Waals surface area (Å²) in [6.07, 6.45) is 6.55. The first-order chi connectivity index (χ1) is 12.2. The number of nitrogens with one attached hydrogen (secondary N) is 1. The van der Waals surface area contributed by atoms with Crippen LogP contribution in [0.4, 0.5) is 0 Å². The molecule has 0 saturated heterocycles. The van der Waals surface area contributed by atoms with E-state index in [0.717, 1.165) is 19.3 Å². The van der Waals surface area contributed by atoms with Gasteiger partial charge in [0.2, 0.25) is 5.91 Å². The topological polar surface area (TPSA) is 55.1 Å². The normalized spacial score (nSPS) is 27.6. The molecule has 0 heterocycles. The van der Waals surface area contributed by atoms with Crippen LogP contribution in [0.2, 0.25) is 0 Å². The summed E-state index contributed by atoms with van der Waals surface area (Å²) in [5.74, 6) is 1.52. The van der Waals surface area contributed by atoms with Crippen LogP contribution in [0.25, 0.3) is 10.8 Å². The molecule has 140 valence electrons. The van der Waals surface area contributed by atoms with Crippen molar-refractivity contribution in [3.05, 3.63) is 48.0 Å². The van der Waals surface area contributed by atoms with Gasteiger partial charge in [0.05, 0.1) is 0 Å². The predicted octanol–water partition coefficient (Wildman–Crippen LogP) is 4.07. The molecule has 2 aromatic carbocycles. The molecular formula is C22H29ClN2O. The number of nitrogens with two attached hydrogens (primary N) is 1. The van der Waals surface area contributed by atoms with E-state index in [0.29, 0.717) is 24.4 Å². The molecule has 4 heteroatoms. The van der Waals surface area contributed by atoms with E-state index in [2.05, 4.69) is 47.8 Å². The van der Waals surface area contributed by atoms with Crippen LogP contribution < -0.4 is 11.1 Å². The predicted molar refractivity (Wildman–Crippen MR) is 109 cm³/mol. The summed E-state index contributed by atoms with van der Waals surface area (Å²) in [6.45, 7) is 0.713. The van der Waals surface area contributed by atoms with Gasteiger partial charge in [-0.25, -0.2) is 0 Å². The van der Waals surface area contributed by atoms with Crippen molar-refractivity contribution in [3.63, 3.8) is 0 Å². The van der Waals surface area contributed by atoms with Gasteiger partial charge < -0.3 is 11.1 Å². The maximum Gasteiger partial charge on any atom is 0.223 e. The summed E-state index contributed by atoms with van der Waals surface area (Å²) in [5, 5.41) is 5.74. The highest BCUT2D eigenvalue weighted by molar-refractivity contribution is 5.86. The van der Waals surface area contributed by atoms with Crippen molar-refractivity contribution in [2.75, 3.05) is 6.54 Å². The van der Waals surface area contributed by atoms with Gasteiger partial charge in [0.1, 0.15) is 0 Å². The summed E-state index contributed by atoms with van der Waals surface area (Å²) in [7, 11) is 0. The number of hydrogen-bond donors (Lipinski definition) is 2.